The molecule has 0 unspecified atom stereocenters. The molecule has 3 amide bonds. The normalized spacial score (nSPS) is 11.2. The molecule has 0 saturated heterocycles. The minimum absolute atomic E-state index is 0.243. The topological polar surface area (TPSA) is 203 Å². The third-order valence-corrected chi connectivity index (χ3v) is 7.11. The van der Waals surface area contributed by atoms with Gasteiger partial charge in [0.05, 0.1) is 22.5 Å². The number of carbonyl (C=O) groups is 3. The van der Waals surface area contributed by atoms with Gasteiger partial charge in [0.15, 0.2) is 0 Å². The molecular weight excluding hydrogens is 624 g/mol. The lowest BCUT2D eigenvalue weighted by molar-refractivity contribution is -0.0104. The van der Waals surface area contributed by atoms with Crippen LogP contribution in [0, 0.1) is 26.2 Å². The number of hydrogen-bond acceptors (Lipinski definition) is 12. The Labute approximate surface area is 275 Å². The van der Waals surface area contributed by atoms with Crippen LogP contribution in [0.25, 0.3) is 0 Å². The molecule has 0 aliphatic rings. The fourth-order valence-corrected chi connectivity index (χ4v) is 4.27. The lowest BCUT2D eigenvalue weighted by Gasteiger charge is -2.31. The molecule has 3 rings (SSSR count). The molecule has 15 nitrogen and oxygen atoms in total. The zero-order chi connectivity index (χ0) is 35.1. The molecule has 0 heterocycles. The summed E-state index contributed by atoms with van der Waals surface area (Å²) in [5.41, 5.74) is 2.94. The van der Waals surface area contributed by atoms with Crippen molar-refractivity contribution >= 4 is 70.6 Å². The predicted octanol–water partition coefficient (Wildman–Crippen LogP) is 6.96. The first kappa shape index (κ1) is 36.1. The fourth-order valence-electron chi connectivity index (χ4n) is 4.27. The van der Waals surface area contributed by atoms with Crippen molar-refractivity contribution in [3.63, 3.8) is 0 Å². The van der Waals surface area contributed by atoms with E-state index in [9.17, 15) is 28.8 Å². The van der Waals surface area contributed by atoms with Crippen molar-refractivity contribution in [1.29, 1.82) is 0 Å². The van der Waals surface area contributed by atoms with Crippen molar-refractivity contribution in [2.24, 2.45) is 20.4 Å². The van der Waals surface area contributed by atoms with Crippen LogP contribution in [0.5, 0.6) is 0 Å². The average molecular weight is 657 g/mol. The van der Waals surface area contributed by atoms with E-state index in [2.05, 4.69) is 30.9 Å². The number of amides is 3. The van der Waals surface area contributed by atoms with E-state index in [0.717, 1.165) is 0 Å². The summed E-state index contributed by atoms with van der Waals surface area (Å²) >= 11 is 0. The first-order valence-electron chi connectivity index (χ1n) is 14.4. The lowest BCUT2D eigenvalue weighted by atomic mass is 9.88. The van der Waals surface area contributed by atoms with Crippen molar-refractivity contribution < 1.29 is 43.0 Å². The number of rotatable bonds is 13. The summed E-state index contributed by atoms with van der Waals surface area (Å²) in [6.45, 7) is 5.87. The molecule has 3 aromatic carbocycles. The minimum Gasteiger partial charge on any atom is -0.448 e. The van der Waals surface area contributed by atoms with Crippen LogP contribution in [0.3, 0.4) is 0 Å². The second-order valence-electron chi connectivity index (χ2n) is 10.6. The molecule has 3 aromatic rings. The number of isocyanates is 3. The molecule has 0 fully saturated rings. The van der Waals surface area contributed by atoms with Crippen LogP contribution in [0.1, 0.15) is 30.0 Å². The van der Waals surface area contributed by atoms with Gasteiger partial charge in [-0.1, -0.05) is 6.92 Å². The van der Waals surface area contributed by atoms with E-state index in [1.807, 2.05) is 0 Å². The van der Waals surface area contributed by atoms with E-state index in [0.29, 0.717) is 50.8 Å². The van der Waals surface area contributed by atoms with Crippen molar-refractivity contribution in [2.45, 2.75) is 34.1 Å². The number of anilines is 3. The van der Waals surface area contributed by atoms with E-state index < -0.39 is 23.7 Å². The molecular formula is C33H32N6O9. The molecule has 0 aliphatic carbocycles. The Morgan fingerprint density at radius 1 is 0.583 bits per heavy atom. The van der Waals surface area contributed by atoms with Crippen molar-refractivity contribution in [3.05, 3.63) is 71.3 Å². The fraction of sp³-hybridized carbons (Fsp3) is 0.273. The molecule has 0 saturated carbocycles. The summed E-state index contributed by atoms with van der Waals surface area (Å²) in [6, 6.07) is 13.9. The van der Waals surface area contributed by atoms with Crippen molar-refractivity contribution in [2.75, 3.05) is 35.8 Å². The Bertz CT molecular complexity index is 1620. The van der Waals surface area contributed by atoms with Gasteiger partial charge < -0.3 is 14.2 Å². The lowest BCUT2D eigenvalue weighted by Crippen LogP contribution is -2.40. The Balaban J connectivity index is 1.72. The third-order valence-electron chi connectivity index (χ3n) is 7.11. The van der Waals surface area contributed by atoms with Gasteiger partial charge in [-0.15, -0.1) is 0 Å². The maximum Gasteiger partial charge on any atom is 0.411 e. The Morgan fingerprint density at radius 2 is 0.875 bits per heavy atom. The van der Waals surface area contributed by atoms with E-state index in [1.165, 1.54) is 54.6 Å². The summed E-state index contributed by atoms with van der Waals surface area (Å²) in [5, 5.41) is 7.73. The van der Waals surface area contributed by atoms with E-state index >= 15 is 0 Å². The summed E-state index contributed by atoms with van der Waals surface area (Å²) in [4.78, 5) is 80.7. The smallest absolute Gasteiger partial charge is 0.411 e. The molecule has 0 aliphatic heterocycles. The molecule has 0 radical (unpaired) electrons. The van der Waals surface area contributed by atoms with Crippen molar-refractivity contribution in [3.8, 4) is 0 Å². The minimum atomic E-state index is -1.18. The van der Waals surface area contributed by atoms with Crippen LogP contribution in [-0.2, 0) is 28.6 Å². The van der Waals surface area contributed by atoms with Gasteiger partial charge in [0.2, 0.25) is 18.2 Å². The first-order chi connectivity index (χ1) is 23.0. The highest BCUT2D eigenvalue weighted by molar-refractivity contribution is 5.87. The molecule has 0 aromatic heterocycles. The van der Waals surface area contributed by atoms with Gasteiger partial charge in [-0.2, -0.15) is 15.0 Å². The molecule has 0 bridgehead atoms. The molecule has 15 heteroatoms. The van der Waals surface area contributed by atoms with Crippen LogP contribution in [0.2, 0.25) is 0 Å². The maximum absolute atomic E-state index is 12.7. The van der Waals surface area contributed by atoms with Crippen LogP contribution < -0.4 is 16.0 Å². The van der Waals surface area contributed by atoms with Gasteiger partial charge in [-0.3, -0.25) is 16.0 Å². The highest BCUT2D eigenvalue weighted by Crippen LogP contribution is 2.28. The molecule has 0 atom stereocenters. The summed E-state index contributed by atoms with van der Waals surface area (Å²) < 4.78 is 16.4. The Hall–Kier alpha value is -6.39. The largest absolute Gasteiger partial charge is 0.448 e. The standard InChI is InChI=1S/C33H32N6O9/c1-5-33(15-46-30(43)37-24-6-9-27(34-18-40)21(2)12-24,16-47-31(44)38-25-7-10-28(35-19-41)22(3)13-25)17-48-32(45)39-26-8-11-29(36-20-42)23(4)14-26/h6-14H,5,15-17H2,1-4H3,(H,37,43)(H,38,44)(H,39,45). The van der Waals surface area contributed by atoms with Crippen molar-refractivity contribution in [1.82, 2.24) is 0 Å². The van der Waals surface area contributed by atoms with Crippen LogP contribution in [-0.4, -0.2) is 56.3 Å². The van der Waals surface area contributed by atoms with Gasteiger partial charge >= 0.3 is 18.3 Å². The zero-order valence-corrected chi connectivity index (χ0v) is 26.5. The maximum atomic E-state index is 12.7. The van der Waals surface area contributed by atoms with Gasteiger partial charge in [0.1, 0.15) is 19.8 Å². The second kappa shape index (κ2) is 17.3. The highest BCUT2D eigenvalue weighted by atomic mass is 16.6. The summed E-state index contributed by atoms with van der Waals surface area (Å²) in [6.07, 6.45) is 2.12. The van der Waals surface area contributed by atoms with Crippen LogP contribution in [0.15, 0.2) is 69.6 Å². The van der Waals surface area contributed by atoms with Gasteiger partial charge in [-0.05, 0) is 98.5 Å². The average Bonchev–Trinajstić information content (AvgIpc) is 3.05. The predicted molar refractivity (Wildman–Crippen MR) is 175 cm³/mol. The molecule has 3 N–H and O–H groups in total. The monoisotopic (exact) mass is 656 g/mol. The molecule has 248 valence electrons. The second-order valence-corrected chi connectivity index (χ2v) is 10.6. The van der Waals surface area contributed by atoms with E-state index in [4.69, 9.17) is 14.2 Å². The Morgan fingerprint density at radius 3 is 1.10 bits per heavy atom. The number of ether oxygens (including phenoxy) is 3. The number of hydrogen-bond donors (Lipinski definition) is 3. The van der Waals surface area contributed by atoms with E-state index in [-0.39, 0.29) is 26.2 Å². The number of aliphatic imine (C=N–C) groups is 3. The quantitative estimate of drug-likeness (QED) is 0.0987. The number of aryl methyl sites for hydroxylation is 3. The van der Waals surface area contributed by atoms with Gasteiger partial charge in [-0.25, -0.2) is 28.8 Å². The van der Waals surface area contributed by atoms with Gasteiger partial charge in [0, 0.05) is 17.1 Å². The van der Waals surface area contributed by atoms with Crippen LogP contribution in [0.4, 0.5) is 48.5 Å². The zero-order valence-electron chi connectivity index (χ0n) is 26.5. The number of benzene rings is 3. The molecule has 48 heavy (non-hydrogen) atoms. The SMILES string of the molecule is CCC(COC(=O)Nc1ccc(N=C=O)c(C)c1)(COC(=O)Nc1ccc(N=C=O)c(C)c1)COC(=O)Nc1ccc(N=C=O)c(C)c1. The number of carbonyl (C=O) groups excluding carboxylic acids is 6. The van der Waals surface area contributed by atoms with E-state index in [1.54, 1.807) is 45.9 Å². The molecule has 0 spiro atoms. The third kappa shape index (κ3) is 10.6. The first-order valence-corrected chi connectivity index (χ1v) is 14.4. The highest BCUT2D eigenvalue weighted by Gasteiger charge is 2.34. The summed E-state index contributed by atoms with van der Waals surface area (Å²) in [5.74, 6) is 0. The Kier molecular flexibility index (Phi) is 13.0. The number of nitrogens with zero attached hydrogens (tertiary/aromatic N) is 3. The van der Waals surface area contributed by atoms with Gasteiger partial charge in [0.25, 0.3) is 0 Å². The summed E-state index contributed by atoms with van der Waals surface area (Å²) in [7, 11) is 0. The number of nitrogens with one attached hydrogen (secondary N) is 3. The van der Waals surface area contributed by atoms with Crippen LogP contribution >= 0.6 is 0 Å².